The van der Waals surface area contributed by atoms with E-state index >= 15 is 0 Å². The maximum atomic E-state index is 13.2. The molecule has 2 aliphatic rings. The van der Waals surface area contributed by atoms with E-state index in [1.807, 2.05) is 65.6 Å². The van der Waals surface area contributed by atoms with Gasteiger partial charge in [-0.2, -0.15) is 0 Å². The number of nitrogens with zero attached hydrogens (tertiary/aromatic N) is 2. The van der Waals surface area contributed by atoms with E-state index in [2.05, 4.69) is 0 Å². The number of rotatable bonds is 3. The fourth-order valence-corrected chi connectivity index (χ4v) is 4.15. The van der Waals surface area contributed by atoms with Crippen LogP contribution in [0.15, 0.2) is 60.7 Å². The molecule has 0 aliphatic carbocycles. The highest BCUT2D eigenvalue weighted by Gasteiger charge is 2.50. The average Bonchev–Trinajstić information content (AvgIpc) is 3.03. The average molecular weight is 364 g/mol. The lowest BCUT2D eigenvalue weighted by atomic mass is 9.78. The molecule has 1 atom stereocenters. The first-order chi connectivity index (χ1) is 13.2. The molecule has 140 valence electrons. The maximum absolute atomic E-state index is 13.2. The lowest BCUT2D eigenvalue weighted by Gasteiger charge is -2.38. The molecule has 1 unspecified atom stereocenters. The fourth-order valence-electron chi connectivity index (χ4n) is 4.15. The van der Waals surface area contributed by atoms with Crippen LogP contribution >= 0.6 is 0 Å². The smallest absolute Gasteiger partial charge is 0.410 e. The van der Waals surface area contributed by atoms with Crippen molar-refractivity contribution in [3.8, 4) is 0 Å². The Morgan fingerprint density at radius 2 is 1.67 bits per heavy atom. The van der Waals surface area contributed by atoms with Gasteiger partial charge in [0.25, 0.3) is 0 Å². The molecule has 0 saturated carbocycles. The third-order valence-electron chi connectivity index (χ3n) is 5.62. The van der Waals surface area contributed by atoms with Crippen LogP contribution in [0.3, 0.4) is 0 Å². The first-order valence-corrected chi connectivity index (χ1v) is 9.51. The Labute approximate surface area is 159 Å². The van der Waals surface area contributed by atoms with E-state index in [9.17, 15) is 9.59 Å². The van der Waals surface area contributed by atoms with Crippen LogP contribution in [0.2, 0.25) is 0 Å². The predicted molar refractivity (Wildman–Crippen MR) is 103 cm³/mol. The van der Waals surface area contributed by atoms with Gasteiger partial charge in [0.2, 0.25) is 5.91 Å². The molecule has 2 aromatic rings. The summed E-state index contributed by atoms with van der Waals surface area (Å²) in [5, 5.41) is 0. The summed E-state index contributed by atoms with van der Waals surface area (Å²) in [7, 11) is 0. The molecule has 0 N–H and O–H groups in total. The Kier molecular flexibility index (Phi) is 4.84. The van der Waals surface area contributed by atoms with Crippen molar-refractivity contribution in [1.29, 1.82) is 0 Å². The summed E-state index contributed by atoms with van der Waals surface area (Å²) in [6.45, 7) is 2.06. The van der Waals surface area contributed by atoms with Gasteiger partial charge in [-0.3, -0.25) is 4.79 Å². The van der Waals surface area contributed by atoms with Crippen molar-refractivity contribution in [2.24, 2.45) is 5.41 Å². The molecule has 1 spiro atoms. The van der Waals surface area contributed by atoms with Crippen molar-refractivity contribution >= 4 is 17.7 Å². The second-order valence-electron chi connectivity index (χ2n) is 7.39. The Morgan fingerprint density at radius 1 is 0.963 bits per heavy atom. The second kappa shape index (κ2) is 7.43. The zero-order valence-corrected chi connectivity index (χ0v) is 15.3. The molecule has 2 amide bonds. The van der Waals surface area contributed by atoms with E-state index in [0.29, 0.717) is 19.6 Å². The molecule has 5 heteroatoms. The zero-order chi connectivity index (χ0) is 18.7. The minimum atomic E-state index is -0.472. The summed E-state index contributed by atoms with van der Waals surface area (Å²) in [6, 6.07) is 19.4. The number of amides is 2. The van der Waals surface area contributed by atoms with Gasteiger partial charge >= 0.3 is 6.09 Å². The largest absolute Gasteiger partial charge is 0.445 e. The summed E-state index contributed by atoms with van der Waals surface area (Å²) in [5.41, 5.74) is 1.42. The van der Waals surface area contributed by atoms with Crippen LogP contribution in [0.4, 0.5) is 10.5 Å². The number of piperidine rings is 1. The van der Waals surface area contributed by atoms with Gasteiger partial charge in [-0.15, -0.1) is 0 Å². The van der Waals surface area contributed by atoms with Crippen LogP contribution in [-0.4, -0.2) is 36.5 Å². The summed E-state index contributed by atoms with van der Waals surface area (Å²) in [6.07, 6.45) is 2.11. The van der Waals surface area contributed by atoms with Crippen molar-refractivity contribution in [2.75, 3.05) is 24.5 Å². The van der Waals surface area contributed by atoms with Crippen LogP contribution < -0.4 is 4.90 Å². The van der Waals surface area contributed by atoms with E-state index in [1.165, 1.54) is 0 Å². The molecular formula is C22H24N2O3. The predicted octanol–water partition coefficient (Wildman–Crippen LogP) is 3.84. The lowest BCUT2D eigenvalue weighted by molar-refractivity contribution is -0.128. The van der Waals surface area contributed by atoms with E-state index < -0.39 is 5.41 Å². The molecule has 4 rings (SSSR count). The first-order valence-electron chi connectivity index (χ1n) is 9.51. The van der Waals surface area contributed by atoms with Crippen molar-refractivity contribution in [3.05, 3.63) is 66.2 Å². The molecule has 0 aromatic heterocycles. The molecule has 0 radical (unpaired) electrons. The minimum Gasteiger partial charge on any atom is -0.445 e. The third kappa shape index (κ3) is 3.54. The molecular weight excluding hydrogens is 340 g/mol. The standard InChI is InChI=1S/C22H24N2O3/c25-20-22(13-15-24(20)19-10-5-2-6-11-19)12-7-14-23(17-22)21(26)27-16-18-8-3-1-4-9-18/h1-6,8-11H,7,12-17H2. The molecule has 2 aliphatic heterocycles. The second-order valence-corrected chi connectivity index (χ2v) is 7.39. The van der Waals surface area contributed by atoms with Crippen LogP contribution in [0, 0.1) is 5.41 Å². The Balaban J connectivity index is 1.42. The molecule has 27 heavy (non-hydrogen) atoms. The molecule has 0 bridgehead atoms. The van der Waals surface area contributed by atoms with Crippen LogP contribution in [0.5, 0.6) is 0 Å². The fraction of sp³-hybridized carbons (Fsp3) is 0.364. The van der Waals surface area contributed by atoms with Crippen molar-refractivity contribution in [3.63, 3.8) is 0 Å². The van der Waals surface area contributed by atoms with Crippen molar-refractivity contribution in [1.82, 2.24) is 4.90 Å². The molecule has 2 heterocycles. The highest BCUT2D eigenvalue weighted by atomic mass is 16.6. The monoisotopic (exact) mass is 364 g/mol. The highest BCUT2D eigenvalue weighted by molar-refractivity contribution is 6.00. The van der Waals surface area contributed by atoms with E-state index in [-0.39, 0.29) is 18.6 Å². The molecule has 2 aromatic carbocycles. The number of ether oxygens (including phenoxy) is 1. The Morgan fingerprint density at radius 3 is 2.41 bits per heavy atom. The normalized spacial score (nSPS) is 22.3. The van der Waals surface area contributed by atoms with Gasteiger partial charge in [0.15, 0.2) is 0 Å². The summed E-state index contributed by atoms with van der Waals surface area (Å²) in [5.74, 6) is 0.134. The van der Waals surface area contributed by atoms with Crippen LogP contribution in [0.1, 0.15) is 24.8 Å². The van der Waals surface area contributed by atoms with E-state index in [0.717, 1.165) is 30.5 Å². The number of benzene rings is 2. The number of likely N-dealkylation sites (tertiary alicyclic amines) is 1. The van der Waals surface area contributed by atoms with E-state index in [1.54, 1.807) is 4.90 Å². The van der Waals surface area contributed by atoms with Crippen LogP contribution in [0.25, 0.3) is 0 Å². The van der Waals surface area contributed by atoms with Gasteiger partial charge in [-0.05, 0) is 37.0 Å². The topological polar surface area (TPSA) is 49.9 Å². The maximum Gasteiger partial charge on any atom is 0.410 e. The number of para-hydroxylation sites is 1. The van der Waals surface area contributed by atoms with Gasteiger partial charge in [0, 0.05) is 25.3 Å². The summed E-state index contributed by atoms with van der Waals surface area (Å²) < 4.78 is 5.48. The number of hydrogen-bond acceptors (Lipinski definition) is 3. The van der Waals surface area contributed by atoms with Gasteiger partial charge in [-0.25, -0.2) is 4.79 Å². The Bertz CT molecular complexity index is 809. The quantitative estimate of drug-likeness (QED) is 0.831. The first kappa shape index (κ1) is 17.6. The molecule has 2 fully saturated rings. The Hall–Kier alpha value is -2.82. The summed E-state index contributed by atoms with van der Waals surface area (Å²) in [4.78, 5) is 29.3. The highest BCUT2D eigenvalue weighted by Crippen LogP contribution is 2.41. The van der Waals surface area contributed by atoms with Crippen molar-refractivity contribution in [2.45, 2.75) is 25.9 Å². The number of anilines is 1. The minimum absolute atomic E-state index is 0.134. The number of carbonyl (C=O) groups is 2. The van der Waals surface area contributed by atoms with Gasteiger partial charge in [0.05, 0.1) is 5.41 Å². The molecule has 2 saturated heterocycles. The zero-order valence-electron chi connectivity index (χ0n) is 15.3. The van der Waals surface area contributed by atoms with Crippen LogP contribution in [-0.2, 0) is 16.1 Å². The number of carbonyl (C=O) groups excluding carboxylic acids is 2. The lowest BCUT2D eigenvalue weighted by Crippen LogP contribution is -2.50. The number of hydrogen-bond donors (Lipinski definition) is 0. The van der Waals surface area contributed by atoms with Gasteiger partial charge in [-0.1, -0.05) is 48.5 Å². The molecule has 5 nitrogen and oxygen atoms in total. The van der Waals surface area contributed by atoms with Crippen molar-refractivity contribution < 1.29 is 14.3 Å². The SMILES string of the molecule is O=C(OCc1ccccc1)N1CCCC2(CCN(c3ccccc3)C2=O)C1. The van der Waals surface area contributed by atoms with Gasteiger partial charge < -0.3 is 14.5 Å². The summed E-state index contributed by atoms with van der Waals surface area (Å²) >= 11 is 0. The third-order valence-corrected chi connectivity index (χ3v) is 5.62. The van der Waals surface area contributed by atoms with Gasteiger partial charge in [0.1, 0.15) is 6.61 Å². The van der Waals surface area contributed by atoms with E-state index in [4.69, 9.17) is 4.74 Å².